The molecule has 0 amide bonds. The van der Waals surface area contributed by atoms with Gasteiger partial charge >= 0.3 is 0 Å². The maximum atomic E-state index is 3.34. The maximum Gasteiger partial charge on any atom is 0.0454 e. The first-order valence-electron chi connectivity index (χ1n) is 10.5. The van der Waals surface area contributed by atoms with Gasteiger partial charge in [-0.3, -0.25) is 0 Å². The van der Waals surface area contributed by atoms with E-state index in [1.165, 1.54) is 53.3 Å². The van der Waals surface area contributed by atoms with E-state index in [4.69, 9.17) is 0 Å². The van der Waals surface area contributed by atoms with Gasteiger partial charge in [-0.2, -0.15) is 0 Å². The van der Waals surface area contributed by atoms with E-state index in [1.807, 2.05) is 6.20 Å². The smallest absolute Gasteiger partial charge is 0.0454 e. The van der Waals surface area contributed by atoms with E-state index < -0.39 is 0 Å². The predicted octanol–water partition coefficient (Wildman–Crippen LogP) is 6.69. The van der Waals surface area contributed by atoms with Gasteiger partial charge in [0.05, 0.1) is 0 Å². The summed E-state index contributed by atoms with van der Waals surface area (Å²) < 4.78 is 0. The fourth-order valence-electron chi connectivity index (χ4n) is 5.25. The Balaban J connectivity index is 1.48. The van der Waals surface area contributed by atoms with Gasteiger partial charge in [-0.05, 0) is 83.7 Å². The number of H-pyrrole nitrogens is 1. The molecule has 1 N–H and O–H groups in total. The van der Waals surface area contributed by atoms with E-state index in [-0.39, 0.29) is 5.41 Å². The Bertz CT molecular complexity index is 1050. The number of aromatic amines is 1. The first-order chi connectivity index (χ1) is 13.8. The highest BCUT2D eigenvalue weighted by molar-refractivity contribution is 5.80. The highest BCUT2D eigenvalue weighted by atomic mass is 14.7. The Morgan fingerprint density at radius 3 is 2.36 bits per heavy atom. The molecule has 4 aromatic rings. The second-order valence-electron chi connectivity index (χ2n) is 8.52. The molecule has 1 nitrogen and oxygen atoms in total. The van der Waals surface area contributed by atoms with E-state index in [1.54, 1.807) is 0 Å². The van der Waals surface area contributed by atoms with E-state index >= 15 is 0 Å². The zero-order chi connectivity index (χ0) is 18.8. The number of aromatic nitrogens is 1. The van der Waals surface area contributed by atoms with E-state index in [2.05, 4.69) is 89.9 Å². The van der Waals surface area contributed by atoms with Crippen molar-refractivity contribution in [2.75, 3.05) is 0 Å². The maximum absolute atomic E-state index is 3.34. The normalized spacial score (nSPS) is 21.9. The SMILES string of the molecule is c1ccc(CC2CCC(Cc3ccccc3)(c3ccc4[nH]ccc4c3)C2)cc1. The predicted molar refractivity (Wildman–Crippen MR) is 118 cm³/mol. The van der Waals surface area contributed by atoms with Crippen molar-refractivity contribution in [3.8, 4) is 0 Å². The molecule has 1 saturated carbocycles. The highest BCUT2D eigenvalue weighted by Crippen LogP contribution is 2.48. The van der Waals surface area contributed by atoms with E-state index in [9.17, 15) is 0 Å². The number of rotatable bonds is 5. The molecule has 0 radical (unpaired) electrons. The molecule has 2 unspecified atom stereocenters. The molecule has 2 atom stereocenters. The summed E-state index contributed by atoms with van der Waals surface area (Å²) in [4.78, 5) is 3.34. The molecule has 5 rings (SSSR count). The van der Waals surface area contributed by atoms with Crippen LogP contribution in [0.3, 0.4) is 0 Å². The van der Waals surface area contributed by atoms with Crippen molar-refractivity contribution in [3.63, 3.8) is 0 Å². The third-order valence-electron chi connectivity index (χ3n) is 6.63. The van der Waals surface area contributed by atoms with Gasteiger partial charge in [-0.15, -0.1) is 0 Å². The third kappa shape index (κ3) is 3.38. The Kier molecular flexibility index (Phi) is 4.52. The number of nitrogens with one attached hydrogen (secondary N) is 1. The molecular weight excluding hydrogens is 338 g/mol. The molecule has 140 valence electrons. The lowest BCUT2D eigenvalue weighted by Gasteiger charge is -2.31. The summed E-state index contributed by atoms with van der Waals surface area (Å²) in [7, 11) is 0. The minimum atomic E-state index is 0.242. The molecule has 0 saturated heterocycles. The van der Waals surface area contributed by atoms with Crippen LogP contribution in [0.25, 0.3) is 10.9 Å². The minimum Gasteiger partial charge on any atom is -0.361 e. The Morgan fingerprint density at radius 2 is 1.57 bits per heavy atom. The van der Waals surface area contributed by atoms with Gasteiger partial charge in [-0.25, -0.2) is 0 Å². The van der Waals surface area contributed by atoms with Crippen LogP contribution in [-0.4, -0.2) is 4.98 Å². The zero-order valence-corrected chi connectivity index (χ0v) is 16.3. The lowest BCUT2D eigenvalue weighted by molar-refractivity contribution is 0.410. The molecule has 28 heavy (non-hydrogen) atoms. The van der Waals surface area contributed by atoms with Crippen LogP contribution < -0.4 is 0 Å². The fraction of sp³-hybridized carbons (Fsp3) is 0.259. The van der Waals surface area contributed by atoms with Gasteiger partial charge in [0.25, 0.3) is 0 Å². The summed E-state index contributed by atoms with van der Waals surface area (Å²) in [5.41, 5.74) is 5.92. The minimum absolute atomic E-state index is 0.242. The van der Waals surface area contributed by atoms with Crippen LogP contribution in [0.2, 0.25) is 0 Å². The first kappa shape index (κ1) is 17.3. The molecule has 0 bridgehead atoms. The summed E-state index contributed by atoms with van der Waals surface area (Å²) in [5, 5.41) is 1.33. The topological polar surface area (TPSA) is 15.8 Å². The number of hydrogen-bond acceptors (Lipinski definition) is 0. The van der Waals surface area contributed by atoms with Crippen LogP contribution >= 0.6 is 0 Å². The van der Waals surface area contributed by atoms with Crippen molar-refractivity contribution in [1.82, 2.24) is 4.98 Å². The summed E-state index contributed by atoms with van der Waals surface area (Å²) in [6.07, 6.45) is 8.24. The summed E-state index contributed by atoms with van der Waals surface area (Å²) in [5.74, 6) is 0.757. The van der Waals surface area contributed by atoms with Crippen LogP contribution in [0.4, 0.5) is 0 Å². The molecule has 1 fully saturated rings. The van der Waals surface area contributed by atoms with Gasteiger partial charge in [0.2, 0.25) is 0 Å². The number of benzene rings is 3. The van der Waals surface area contributed by atoms with E-state index in [0.717, 1.165) is 12.3 Å². The molecular formula is C27H27N. The molecule has 1 heteroatoms. The quantitative estimate of drug-likeness (QED) is 0.405. The van der Waals surface area contributed by atoms with Crippen molar-refractivity contribution < 1.29 is 0 Å². The number of hydrogen-bond donors (Lipinski definition) is 1. The standard InChI is InChI=1S/C27H27N/c1-3-7-21(8-4-1)17-23-13-15-27(20-23,19-22-9-5-2-6-10-22)25-11-12-26-24(18-25)14-16-28-26/h1-12,14,16,18,23,28H,13,15,17,19-20H2. The largest absolute Gasteiger partial charge is 0.361 e. The lowest BCUT2D eigenvalue weighted by atomic mass is 9.73. The summed E-state index contributed by atoms with van der Waals surface area (Å²) in [6.45, 7) is 0. The molecule has 0 spiro atoms. The van der Waals surface area contributed by atoms with Crippen LogP contribution in [-0.2, 0) is 18.3 Å². The second-order valence-corrected chi connectivity index (χ2v) is 8.52. The molecule has 1 aliphatic rings. The zero-order valence-electron chi connectivity index (χ0n) is 16.3. The van der Waals surface area contributed by atoms with Crippen LogP contribution in [0.5, 0.6) is 0 Å². The van der Waals surface area contributed by atoms with Crippen molar-refractivity contribution in [2.24, 2.45) is 5.92 Å². The van der Waals surface area contributed by atoms with Gasteiger partial charge in [0, 0.05) is 11.7 Å². The van der Waals surface area contributed by atoms with Crippen LogP contribution in [0, 0.1) is 5.92 Å². The average Bonchev–Trinajstić information content (AvgIpc) is 3.37. The van der Waals surface area contributed by atoms with Crippen molar-refractivity contribution in [1.29, 1.82) is 0 Å². The van der Waals surface area contributed by atoms with Gasteiger partial charge in [-0.1, -0.05) is 66.7 Å². The highest BCUT2D eigenvalue weighted by Gasteiger charge is 2.40. The fourth-order valence-corrected chi connectivity index (χ4v) is 5.25. The first-order valence-corrected chi connectivity index (χ1v) is 10.5. The van der Waals surface area contributed by atoms with Crippen molar-refractivity contribution in [3.05, 3.63) is 108 Å². The summed E-state index contributed by atoms with van der Waals surface area (Å²) in [6, 6.07) is 31.3. The molecule has 3 aromatic carbocycles. The van der Waals surface area contributed by atoms with Crippen molar-refractivity contribution >= 4 is 10.9 Å². The van der Waals surface area contributed by atoms with Gasteiger partial charge < -0.3 is 4.98 Å². The number of fused-ring (bicyclic) bond motifs is 1. The van der Waals surface area contributed by atoms with E-state index in [0.29, 0.717) is 0 Å². The van der Waals surface area contributed by atoms with Crippen molar-refractivity contribution in [2.45, 2.75) is 37.5 Å². The third-order valence-corrected chi connectivity index (χ3v) is 6.63. The Morgan fingerprint density at radius 1 is 0.821 bits per heavy atom. The average molecular weight is 366 g/mol. The monoisotopic (exact) mass is 365 g/mol. The Labute approximate surface area is 167 Å². The molecule has 1 aromatic heterocycles. The van der Waals surface area contributed by atoms with Crippen LogP contribution in [0.1, 0.15) is 36.0 Å². The second kappa shape index (κ2) is 7.31. The van der Waals surface area contributed by atoms with Crippen LogP contribution in [0.15, 0.2) is 91.1 Å². The summed E-state index contributed by atoms with van der Waals surface area (Å²) >= 11 is 0. The molecule has 0 aliphatic heterocycles. The lowest BCUT2D eigenvalue weighted by Crippen LogP contribution is -2.26. The molecule has 1 heterocycles. The Hall–Kier alpha value is -2.80. The molecule has 1 aliphatic carbocycles. The van der Waals surface area contributed by atoms with Gasteiger partial charge in [0.1, 0.15) is 0 Å². The van der Waals surface area contributed by atoms with Gasteiger partial charge in [0.15, 0.2) is 0 Å².